The molecular formula is C8H17NO2. The molecule has 0 bridgehead atoms. The Morgan fingerprint density at radius 2 is 2.18 bits per heavy atom. The summed E-state index contributed by atoms with van der Waals surface area (Å²) in [5.74, 6) is 0.585. The predicted molar refractivity (Wildman–Crippen MR) is 44.3 cm³/mol. The van der Waals surface area contributed by atoms with E-state index in [0.29, 0.717) is 18.9 Å². The van der Waals surface area contributed by atoms with Gasteiger partial charge in [0.15, 0.2) is 0 Å². The van der Waals surface area contributed by atoms with Crippen molar-refractivity contribution < 1.29 is 9.53 Å². The molecule has 0 saturated heterocycles. The van der Waals surface area contributed by atoms with E-state index in [0.717, 1.165) is 6.54 Å². The van der Waals surface area contributed by atoms with Crippen LogP contribution in [0.4, 0.5) is 0 Å². The second kappa shape index (κ2) is 6.16. The summed E-state index contributed by atoms with van der Waals surface area (Å²) in [4.78, 5) is 10.9. The number of methoxy groups -OCH3 is 1. The summed E-state index contributed by atoms with van der Waals surface area (Å²) in [6, 6.07) is 0. The van der Waals surface area contributed by atoms with Gasteiger partial charge in [-0.25, -0.2) is 0 Å². The van der Waals surface area contributed by atoms with Gasteiger partial charge in [0.05, 0.1) is 6.61 Å². The van der Waals surface area contributed by atoms with E-state index in [1.165, 1.54) is 0 Å². The van der Waals surface area contributed by atoms with E-state index >= 15 is 0 Å². The SMILES string of the molecule is COCCC(=O)NCC(C)C. The highest BCUT2D eigenvalue weighted by Crippen LogP contribution is 1.88. The van der Waals surface area contributed by atoms with Gasteiger partial charge in [0.25, 0.3) is 0 Å². The number of hydrogen-bond donors (Lipinski definition) is 1. The van der Waals surface area contributed by atoms with Crippen molar-refractivity contribution >= 4 is 5.91 Å². The van der Waals surface area contributed by atoms with Crippen LogP contribution in [0, 0.1) is 5.92 Å². The van der Waals surface area contributed by atoms with Crippen molar-refractivity contribution in [1.82, 2.24) is 5.32 Å². The molecule has 3 heteroatoms. The molecular weight excluding hydrogens is 142 g/mol. The molecule has 0 aromatic carbocycles. The Labute approximate surface area is 68.1 Å². The molecule has 0 aromatic rings. The van der Waals surface area contributed by atoms with E-state index in [4.69, 9.17) is 4.74 Å². The third-order valence-electron chi connectivity index (χ3n) is 1.24. The quantitative estimate of drug-likeness (QED) is 0.644. The monoisotopic (exact) mass is 159 g/mol. The topological polar surface area (TPSA) is 38.3 Å². The predicted octanol–water partition coefficient (Wildman–Crippen LogP) is 0.795. The zero-order valence-electron chi connectivity index (χ0n) is 7.52. The van der Waals surface area contributed by atoms with Crippen LogP contribution >= 0.6 is 0 Å². The lowest BCUT2D eigenvalue weighted by atomic mass is 10.2. The van der Waals surface area contributed by atoms with Crippen LogP contribution in [0.1, 0.15) is 20.3 Å². The van der Waals surface area contributed by atoms with Gasteiger partial charge in [0.1, 0.15) is 0 Å². The highest BCUT2D eigenvalue weighted by molar-refractivity contribution is 5.75. The molecule has 0 rings (SSSR count). The van der Waals surface area contributed by atoms with Crippen molar-refractivity contribution in [1.29, 1.82) is 0 Å². The van der Waals surface area contributed by atoms with Gasteiger partial charge >= 0.3 is 0 Å². The molecule has 1 N–H and O–H groups in total. The number of nitrogens with one attached hydrogen (secondary N) is 1. The molecule has 0 fully saturated rings. The average molecular weight is 159 g/mol. The number of ether oxygens (including phenoxy) is 1. The molecule has 66 valence electrons. The van der Waals surface area contributed by atoms with Crippen molar-refractivity contribution in [3.63, 3.8) is 0 Å². The maximum Gasteiger partial charge on any atom is 0.222 e. The summed E-state index contributed by atoms with van der Waals surface area (Å²) < 4.78 is 4.76. The van der Waals surface area contributed by atoms with Gasteiger partial charge in [-0.3, -0.25) is 4.79 Å². The highest BCUT2D eigenvalue weighted by atomic mass is 16.5. The van der Waals surface area contributed by atoms with Crippen LogP contribution in [0.2, 0.25) is 0 Å². The molecule has 0 spiro atoms. The fraction of sp³-hybridized carbons (Fsp3) is 0.875. The summed E-state index contributed by atoms with van der Waals surface area (Å²) in [7, 11) is 1.59. The smallest absolute Gasteiger partial charge is 0.222 e. The van der Waals surface area contributed by atoms with E-state index in [1.54, 1.807) is 7.11 Å². The number of carbonyl (C=O) groups is 1. The summed E-state index contributed by atoms with van der Waals surface area (Å²) in [5, 5.41) is 2.80. The molecule has 0 aliphatic heterocycles. The van der Waals surface area contributed by atoms with Crippen LogP contribution in [0.25, 0.3) is 0 Å². The zero-order chi connectivity index (χ0) is 8.69. The third-order valence-corrected chi connectivity index (χ3v) is 1.24. The van der Waals surface area contributed by atoms with E-state index in [1.807, 2.05) is 0 Å². The van der Waals surface area contributed by atoms with Crippen LogP contribution in [-0.2, 0) is 9.53 Å². The first-order chi connectivity index (χ1) is 5.16. The molecule has 0 atom stereocenters. The van der Waals surface area contributed by atoms with Crippen molar-refractivity contribution in [2.75, 3.05) is 20.3 Å². The fourth-order valence-corrected chi connectivity index (χ4v) is 0.601. The fourth-order valence-electron chi connectivity index (χ4n) is 0.601. The minimum atomic E-state index is 0.0700. The summed E-state index contributed by atoms with van der Waals surface area (Å²) in [6.07, 6.45) is 0.462. The first kappa shape index (κ1) is 10.4. The Bertz CT molecular complexity index is 113. The lowest BCUT2D eigenvalue weighted by Gasteiger charge is -2.06. The zero-order valence-corrected chi connectivity index (χ0v) is 7.52. The number of rotatable bonds is 5. The Morgan fingerprint density at radius 1 is 1.55 bits per heavy atom. The minimum Gasteiger partial charge on any atom is -0.384 e. The van der Waals surface area contributed by atoms with Crippen molar-refractivity contribution in [3.8, 4) is 0 Å². The highest BCUT2D eigenvalue weighted by Gasteiger charge is 2.00. The lowest BCUT2D eigenvalue weighted by Crippen LogP contribution is -2.27. The van der Waals surface area contributed by atoms with Gasteiger partial charge in [0, 0.05) is 20.1 Å². The lowest BCUT2D eigenvalue weighted by molar-refractivity contribution is -0.122. The molecule has 0 heterocycles. The van der Waals surface area contributed by atoms with Crippen molar-refractivity contribution in [2.24, 2.45) is 5.92 Å². The van der Waals surface area contributed by atoms with Crippen LogP contribution in [0.15, 0.2) is 0 Å². The number of carbonyl (C=O) groups excluding carboxylic acids is 1. The van der Waals surface area contributed by atoms with Crippen LogP contribution in [0.3, 0.4) is 0 Å². The maximum absolute atomic E-state index is 10.9. The van der Waals surface area contributed by atoms with E-state index in [-0.39, 0.29) is 5.91 Å². The van der Waals surface area contributed by atoms with Gasteiger partial charge in [-0.2, -0.15) is 0 Å². The molecule has 0 aliphatic rings. The van der Waals surface area contributed by atoms with E-state index in [9.17, 15) is 4.79 Å². The van der Waals surface area contributed by atoms with Crippen molar-refractivity contribution in [2.45, 2.75) is 20.3 Å². The minimum absolute atomic E-state index is 0.0700. The van der Waals surface area contributed by atoms with Crippen LogP contribution in [-0.4, -0.2) is 26.2 Å². The normalized spacial score (nSPS) is 10.2. The molecule has 3 nitrogen and oxygen atoms in total. The summed E-state index contributed by atoms with van der Waals surface area (Å²) in [5.41, 5.74) is 0. The van der Waals surface area contributed by atoms with E-state index < -0.39 is 0 Å². The molecule has 0 aromatic heterocycles. The largest absolute Gasteiger partial charge is 0.384 e. The molecule has 11 heavy (non-hydrogen) atoms. The van der Waals surface area contributed by atoms with Crippen LogP contribution in [0.5, 0.6) is 0 Å². The van der Waals surface area contributed by atoms with E-state index in [2.05, 4.69) is 19.2 Å². The standard InChI is InChI=1S/C8H17NO2/c1-7(2)6-9-8(10)4-5-11-3/h7H,4-6H2,1-3H3,(H,9,10). The van der Waals surface area contributed by atoms with Gasteiger partial charge in [0.2, 0.25) is 5.91 Å². The molecule has 0 saturated carbocycles. The third kappa shape index (κ3) is 7.33. The van der Waals surface area contributed by atoms with Gasteiger partial charge in [-0.05, 0) is 5.92 Å². The van der Waals surface area contributed by atoms with Crippen molar-refractivity contribution in [3.05, 3.63) is 0 Å². The Balaban J connectivity index is 3.23. The average Bonchev–Trinajstić information content (AvgIpc) is 1.97. The Hall–Kier alpha value is -0.570. The summed E-state index contributed by atoms with van der Waals surface area (Å²) in [6.45, 7) is 5.39. The maximum atomic E-state index is 10.9. The Morgan fingerprint density at radius 3 is 2.64 bits per heavy atom. The second-order valence-electron chi connectivity index (χ2n) is 2.94. The second-order valence-corrected chi connectivity index (χ2v) is 2.94. The summed E-state index contributed by atoms with van der Waals surface area (Å²) >= 11 is 0. The first-order valence-corrected chi connectivity index (χ1v) is 3.92. The van der Waals surface area contributed by atoms with Gasteiger partial charge in [-0.1, -0.05) is 13.8 Å². The number of amides is 1. The number of hydrogen-bond acceptors (Lipinski definition) is 2. The van der Waals surface area contributed by atoms with Crippen LogP contribution < -0.4 is 5.32 Å². The first-order valence-electron chi connectivity index (χ1n) is 3.92. The Kier molecular flexibility index (Phi) is 5.84. The molecule has 1 amide bonds. The molecule has 0 unspecified atom stereocenters. The molecule has 0 radical (unpaired) electrons. The molecule has 0 aliphatic carbocycles. The van der Waals surface area contributed by atoms with Gasteiger partial charge < -0.3 is 10.1 Å². The van der Waals surface area contributed by atoms with Gasteiger partial charge in [-0.15, -0.1) is 0 Å².